The maximum atomic E-state index is 13.1. The van der Waals surface area contributed by atoms with Gasteiger partial charge in [-0.05, 0) is 37.3 Å². The van der Waals surface area contributed by atoms with E-state index in [2.05, 4.69) is 9.97 Å². The third-order valence-electron chi connectivity index (χ3n) is 6.42. The Bertz CT molecular complexity index is 1710. The first kappa shape index (κ1) is 21.8. The lowest BCUT2D eigenvalue weighted by Crippen LogP contribution is -2.15. The van der Waals surface area contributed by atoms with Crippen LogP contribution in [0, 0.1) is 6.92 Å². The monoisotopic (exact) mass is 473 g/mol. The van der Waals surface area contributed by atoms with Crippen molar-refractivity contribution < 1.29 is 14.3 Å². The molecule has 2 heterocycles. The number of H-pyrrole nitrogens is 1. The molecule has 0 amide bonds. The first-order valence-corrected chi connectivity index (χ1v) is 11.8. The number of nitrogens with zero attached hydrogens (tertiary/aromatic N) is 2. The standard InChI is InChI=1S/C30H23N3O3/c1-19-10-12-20(13-11-19)29-31-24-15-14-21(18-25(24)32-29)30(35)36-17-16-28(34)33-26-8-4-2-6-22(26)23-7-3-5-9-27(23)33/h2-15,18H,16-17H2,1H3,(H,31,32). The van der Waals surface area contributed by atoms with Gasteiger partial charge < -0.3 is 9.72 Å². The van der Waals surface area contributed by atoms with Gasteiger partial charge in [0.05, 0.1) is 34.1 Å². The van der Waals surface area contributed by atoms with Gasteiger partial charge in [-0.1, -0.05) is 66.2 Å². The van der Waals surface area contributed by atoms with E-state index < -0.39 is 5.97 Å². The van der Waals surface area contributed by atoms with Crippen molar-refractivity contribution in [3.63, 3.8) is 0 Å². The largest absolute Gasteiger partial charge is 0.462 e. The Balaban J connectivity index is 1.17. The van der Waals surface area contributed by atoms with Gasteiger partial charge in [0, 0.05) is 16.3 Å². The van der Waals surface area contributed by atoms with Crippen LogP contribution in [-0.4, -0.2) is 33.0 Å². The van der Waals surface area contributed by atoms with Gasteiger partial charge in [-0.3, -0.25) is 9.36 Å². The zero-order chi connectivity index (χ0) is 24.6. The predicted molar refractivity (Wildman–Crippen MR) is 141 cm³/mol. The van der Waals surface area contributed by atoms with Crippen molar-refractivity contribution >= 4 is 44.7 Å². The minimum atomic E-state index is -0.474. The molecule has 2 aromatic heterocycles. The van der Waals surface area contributed by atoms with Crippen LogP contribution in [0.4, 0.5) is 0 Å². The van der Waals surface area contributed by atoms with Crippen LogP contribution in [0.5, 0.6) is 0 Å². The summed E-state index contributed by atoms with van der Waals surface area (Å²) in [6.45, 7) is 2.03. The number of carbonyl (C=O) groups excluding carboxylic acids is 2. The SMILES string of the molecule is Cc1ccc(-c2nc3ccc(C(=O)OCCC(=O)n4c5ccccc5c5ccccc54)cc3[nH]2)cc1. The Kier molecular flexibility index (Phi) is 5.34. The second kappa shape index (κ2) is 8.82. The molecule has 0 bridgehead atoms. The number of ether oxygens (including phenoxy) is 1. The maximum Gasteiger partial charge on any atom is 0.338 e. The van der Waals surface area contributed by atoms with E-state index in [4.69, 9.17) is 4.74 Å². The van der Waals surface area contributed by atoms with Crippen LogP contribution < -0.4 is 0 Å². The van der Waals surface area contributed by atoms with Crippen LogP contribution in [0.2, 0.25) is 0 Å². The molecule has 0 aliphatic carbocycles. The quantitative estimate of drug-likeness (QED) is 0.289. The number of aromatic nitrogens is 3. The molecule has 6 rings (SSSR count). The Morgan fingerprint density at radius 3 is 2.22 bits per heavy atom. The molecule has 6 nitrogen and oxygen atoms in total. The molecule has 0 aliphatic rings. The second-order valence-corrected chi connectivity index (χ2v) is 8.83. The van der Waals surface area contributed by atoms with Gasteiger partial charge in [0.15, 0.2) is 0 Å². The molecule has 0 unspecified atom stereocenters. The zero-order valence-corrected chi connectivity index (χ0v) is 19.7. The smallest absolute Gasteiger partial charge is 0.338 e. The van der Waals surface area contributed by atoms with Crippen LogP contribution in [0.1, 0.15) is 27.1 Å². The highest BCUT2D eigenvalue weighted by Gasteiger charge is 2.17. The van der Waals surface area contributed by atoms with Crippen molar-refractivity contribution in [1.82, 2.24) is 14.5 Å². The summed E-state index contributed by atoms with van der Waals surface area (Å²) >= 11 is 0. The van der Waals surface area contributed by atoms with Crippen LogP contribution in [-0.2, 0) is 4.74 Å². The number of carbonyl (C=O) groups is 2. The Hall–Kier alpha value is -4.71. The summed E-state index contributed by atoms with van der Waals surface area (Å²) < 4.78 is 7.18. The molecule has 0 saturated carbocycles. The third-order valence-corrected chi connectivity index (χ3v) is 6.42. The average molecular weight is 474 g/mol. The second-order valence-electron chi connectivity index (χ2n) is 8.83. The van der Waals surface area contributed by atoms with E-state index in [9.17, 15) is 9.59 Å². The molecule has 0 aliphatic heterocycles. The number of esters is 1. The van der Waals surface area contributed by atoms with Gasteiger partial charge in [-0.2, -0.15) is 0 Å². The first-order valence-electron chi connectivity index (χ1n) is 11.8. The van der Waals surface area contributed by atoms with Crippen molar-refractivity contribution in [2.75, 3.05) is 6.61 Å². The number of aryl methyl sites for hydroxylation is 1. The zero-order valence-electron chi connectivity index (χ0n) is 19.7. The number of benzene rings is 4. The van der Waals surface area contributed by atoms with Gasteiger partial charge in [0.2, 0.25) is 5.91 Å². The fourth-order valence-electron chi connectivity index (χ4n) is 4.60. The van der Waals surface area contributed by atoms with Gasteiger partial charge in [0.1, 0.15) is 12.4 Å². The average Bonchev–Trinajstić information content (AvgIpc) is 3.48. The number of nitrogens with one attached hydrogen (secondary N) is 1. The lowest BCUT2D eigenvalue weighted by Gasteiger charge is -2.07. The molecule has 0 radical (unpaired) electrons. The highest BCUT2D eigenvalue weighted by molar-refractivity contribution is 6.13. The summed E-state index contributed by atoms with van der Waals surface area (Å²) in [4.78, 5) is 33.8. The third kappa shape index (κ3) is 3.82. The van der Waals surface area contributed by atoms with Crippen LogP contribution in [0.15, 0.2) is 91.0 Å². The maximum absolute atomic E-state index is 13.1. The fraction of sp³-hybridized carbons (Fsp3) is 0.100. The highest BCUT2D eigenvalue weighted by atomic mass is 16.5. The molecule has 4 aromatic carbocycles. The van der Waals surface area contributed by atoms with Gasteiger partial charge >= 0.3 is 5.97 Å². The van der Waals surface area contributed by atoms with Crippen molar-refractivity contribution in [1.29, 1.82) is 0 Å². The molecule has 1 N–H and O–H groups in total. The summed E-state index contributed by atoms with van der Waals surface area (Å²) in [5.41, 5.74) is 5.78. The number of rotatable bonds is 5. The number of hydrogen-bond donors (Lipinski definition) is 1. The normalized spacial score (nSPS) is 11.4. The van der Waals surface area contributed by atoms with E-state index >= 15 is 0 Å². The summed E-state index contributed by atoms with van der Waals surface area (Å²) in [5, 5.41) is 2.05. The van der Waals surface area contributed by atoms with Crippen molar-refractivity contribution in [2.45, 2.75) is 13.3 Å². The minimum absolute atomic E-state index is 0.00582. The van der Waals surface area contributed by atoms with E-state index in [0.717, 1.165) is 44.2 Å². The summed E-state index contributed by atoms with van der Waals surface area (Å²) in [6, 6.07) is 29.0. The molecule has 0 atom stereocenters. The fourth-order valence-corrected chi connectivity index (χ4v) is 4.60. The summed E-state index contributed by atoms with van der Waals surface area (Å²) in [5.74, 6) is 0.151. The Morgan fingerprint density at radius 1 is 0.861 bits per heavy atom. The van der Waals surface area contributed by atoms with E-state index in [0.29, 0.717) is 5.56 Å². The minimum Gasteiger partial charge on any atom is -0.462 e. The molecule has 0 saturated heterocycles. The lowest BCUT2D eigenvalue weighted by molar-refractivity contribution is 0.0490. The first-order chi connectivity index (χ1) is 17.6. The molecule has 0 fully saturated rings. The molecular weight excluding hydrogens is 450 g/mol. The number of fused-ring (bicyclic) bond motifs is 4. The van der Waals surface area contributed by atoms with Crippen molar-refractivity contribution in [3.05, 3.63) is 102 Å². The molecule has 0 spiro atoms. The van der Waals surface area contributed by atoms with Gasteiger partial charge in [-0.25, -0.2) is 9.78 Å². The van der Waals surface area contributed by atoms with E-state index in [1.54, 1.807) is 22.8 Å². The molecular formula is C30H23N3O3. The molecule has 6 aromatic rings. The topological polar surface area (TPSA) is 77.0 Å². The predicted octanol–water partition coefficient (Wildman–Crippen LogP) is 6.53. The lowest BCUT2D eigenvalue weighted by atomic mass is 10.1. The van der Waals surface area contributed by atoms with E-state index in [1.165, 1.54) is 5.56 Å². The highest BCUT2D eigenvalue weighted by Crippen LogP contribution is 2.29. The van der Waals surface area contributed by atoms with Crippen LogP contribution in [0.3, 0.4) is 0 Å². The summed E-state index contributed by atoms with van der Waals surface area (Å²) in [6.07, 6.45) is 0.0816. The van der Waals surface area contributed by atoms with E-state index in [-0.39, 0.29) is 18.9 Å². The Labute approximate surface area is 207 Å². The van der Waals surface area contributed by atoms with Crippen molar-refractivity contribution in [3.8, 4) is 11.4 Å². The molecule has 36 heavy (non-hydrogen) atoms. The van der Waals surface area contributed by atoms with Gasteiger partial charge in [0.25, 0.3) is 0 Å². The molecule has 176 valence electrons. The number of imidazole rings is 1. The number of hydrogen-bond acceptors (Lipinski definition) is 4. The number of para-hydroxylation sites is 2. The number of aromatic amines is 1. The Morgan fingerprint density at radius 2 is 1.53 bits per heavy atom. The van der Waals surface area contributed by atoms with Crippen LogP contribution in [0.25, 0.3) is 44.2 Å². The summed E-state index contributed by atoms with van der Waals surface area (Å²) in [7, 11) is 0. The van der Waals surface area contributed by atoms with Crippen molar-refractivity contribution in [2.24, 2.45) is 0 Å². The molecule has 6 heteroatoms. The van der Waals surface area contributed by atoms with E-state index in [1.807, 2.05) is 79.7 Å². The van der Waals surface area contributed by atoms with Gasteiger partial charge in [-0.15, -0.1) is 0 Å². The van der Waals surface area contributed by atoms with Crippen LogP contribution >= 0.6 is 0 Å².